The summed E-state index contributed by atoms with van der Waals surface area (Å²) in [7, 11) is 0. The van der Waals surface area contributed by atoms with E-state index in [9.17, 15) is 9.59 Å². The molecule has 1 aromatic heterocycles. The molecule has 0 aliphatic carbocycles. The number of halogens is 1. The van der Waals surface area contributed by atoms with Crippen LogP contribution in [-0.2, 0) is 11.3 Å². The normalized spacial score (nSPS) is 12.6. The van der Waals surface area contributed by atoms with Gasteiger partial charge in [0, 0.05) is 27.5 Å². The smallest absolute Gasteiger partial charge is 0.338 e. The minimum Gasteiger partial charge on any atom is -0.462 e. The summed E-state index contributed by atoms with van der Waals surface area (Å²) in [5.74, 6) is -0.449. The zero-order valence-corrected chi connectivity index (χ0v) is 24.2. The van der Waals surface area contributed by atoms with Crippen molar-refractivity contribution in [3.63, 3.8) is 0 Å². The van der Waals surface area contributed by atoms with Crippen molar-refractivity contribution in [1.82, 2.24) is 9.88 Å². The Morgan fingerprint density at radius 3 is 2.48 bits per heavy atom. The van der Waals surface area contributed by atoms with Crippen molar-refractivity contribution in [3.8, 4) is 22.4 Å². The van der Waals surface area contributed by atoms with Crippen molar-refractivity contribution in [2.45, 2.75) is 33.4 Å². The van der Waals surface area contributed by atoms with E-state index in [1.54, 1.807) is 0 Å². The number of ether oxygens (including phenoxy) is 1. The highest BCUT2D eigenvalue weighted by Crippen LogP contribution is 2.40. The molecule has 1 unspecified atom stereocenters. The summed E-state index contributed by atoms with van der Waals surface area (Å²) in [6.45, 7) is 6.89. The van der Waals surface area contributed by atoms with Gasteiger partial charge in [-0.2, -0.15) is 0 Å². The van der Waals surface area contributed by atoms with Crippen LogP contribution in [-0.4, -0.2) is 23.1 Å². The van der Waals surface area contributed by atoms with Gasteiger partial charge in [0.05, 0.1) is 23.9 Å². The van der Waals surface area contributed by atoms with E-state index >= 15 is 0 Å². The lowest BCUT2D eigenvalue weighted by Gasteiger charge is -2.20. The fraction of sp³-hybridized carbons (Fsp3) is 0.176. The largest absolute Gasteiger partial charge is 0.462 e. The molecule has 5 nitrogen and oxygen atoms in total. The number of aromatic nitrogens is 1. The van der Waals surface area contributed by atoms with Gasteiger partial charge < -0.3 is 14.6 Å². The van der Waals surface area contributed by atoms with Crippen molar-refractivity contribution in [2.75, 3.05) is 6.61 Å². The van der Waals surface area contributed by atoms with Gasteiger partial charge in [0.2, 0.25) is 0 Å². The van der Waals surface area contributed by atoms with Crippen LogP contribution in [0.15, 0.2) is 89.4 Å². The van der Waals surface area contributed by atoms with Crippen LogP contribution in [0.5, 0.6) is 0 Å². The Bertz CT molecular complexity index is 1790. The zero-order valence-electron chi connectivity index (χ0n) is 22.6. The van der Waals surface area contributed by atoms with E-state index in [1.807, 2.05) is 80.6 Å². The van der Waals surface area contributed by atoms with Gasteiger partial charge in [-0.05, 0) is 103 Å². The Labute approximate surface area is 241 Å². The maximum Gasteiger partial charge on any atom is 0.338 e. The molecule has 4 aromatic carbocycles. The van der Waals surface area contributed by atoms with E-state index in [-0.39, 0.29) is 17.9 Å². The lowest BCUT2D eigenvalue weighted by Crippen LogP contribution is -2.26. The Balaban J connectivity index is 1.45. The first kappa shape index (κ1) is 26.1. The van der Waals surface area contributed by atoms with Crippen molar-refractivity contribution >= 4 is 38.7 Å². The van der Waals surface area contributed by atoms with Gasteiger partial charge in [0.1, 0.15) is 0 Å². The summed E-state index contributed by atoms with van der Waals surface area (Å²) in [4.78, 5) is 26.1. The molecule has 1 amide bonds. The number of benzene rings is 4. The minimum atomic E-state index is -0.331. The third kappa shape index (κ3) is 4.62. The molecule has 1 N–H and O–H groups in total. The second-order valence-electron chi connectivity index (χ2n) is 10.2. The molecule has 0 fully saturated rings. The fourth-order valence-electron chi connectivity index (χ4n) is 5.68. The predicted molar refractivity (Wildman–Crippen MR) is 163 cm³/mol. The van der Waals surface area contributed by atoms with Crippen molar-refractivity contribution in [3.05, 3.63) is 117 Å². The highest BCUT2D eigenvalue weighted by molar-refractivity contribution is 9.10. The molecule has 0 saturated carbocycles. The Morgan fingerprint density at radius 2 is 1.70 bits per heavy atom. The molecule has 1 aliphatic rings. The first-order valence-corrected chi connectivity index (χ1v) is 14.2. The van der Waals surface area contributed by atoms with Crippen molar-refractivity contribution < 1.29 is 14.3 Å². The number of carbonyl (C=O) groups excluding carboxylic acids is 2. The van der Waals surface area contributed by atoms with Gasteiger partial charge in [-0.3, -0.25) is 4.79 Å². The quantitative estimate of drug-likeness (QED) is 0.206. The maximum absolute atomic E-state index is 13.3. The first-order chi connectivity index (χ1) is 19.3. The molecular formula is C34H29BrN2O3. The summed E-state index contributed by atoms with van der Waals surface area (Å²) in [5, 5.41) is 4.15. The molecule has 1 aliphatic heterocycles. The van der Waals surface area contributed by atoms with Gasteiger partial charge in [0.15, 0.2) is 0 Å². The van der Waals surface area contributed by atoms with Crippen molar-refractivity contribution in [1.29, 1.82) is 0 Å². The molecule has 6 rings (SSSR count). The molecule has 0 radical (unpaired) electrons. The van der Waals surface area contributed by atoms with Crippen molar-refractivity contribution in [2.24, 2.45) is 0 Å². The Kier molecular flexibility index (Phi) is 6.80. The van der Waals surface area contributed by atoms with E-state index < -0.39 is 0 Å². The lowest BCUT2D eigenvalue weighted by atomic mass is 9.92. The van der Waals surface area contributed by atoms with E-state index in [0.717, 1.165) is 54.5 Å². The van der Waals surface area contributed by atoms with Crippen LogP contribution in [0.1, 0.15) is 57.3 Å². The number of rotatable bonds is 5. The van der Waals surface area contributed by atoms with Crippen LogP contribution in [0, 0.1) is 6.92 Å². The summed E-state index contributed by atoms with van der Waals surface area (Å²) in [6, 6.07) is 28.0. The maximum atomic E-state index is 13.3. The number of esters is 1. The summed E-state index contributed by atoms with van der Waals surface area (Å²) in [6.07, 6.45) is 0. The fourth-order valence-corrected chi connectivity index (χ4v) is 5.94. The van der Waals surface area contributed by atoms with Crippen LogP contribution in [0.4, 0.5) is 0 Å². The van der Waals surface area contributed by atoms with Gasteiger partial charge >= 0.3 is 5.97 Å². The van der Waals surface area contributed by atoms with E-state index in [2.05, 4.69) is 50.9 Å². The van der Waals surface area contributed by atoms with Crippen LogP contribution >= 0.6 is 15.9 Å². The summed E-state index contributed by atoms with van der Waals surface area (Å²) >= 11 is 3.47. The topological polar surface area (TPSA) is 60.3 Å². The molecule has 0 saturated heterocycles. The third-order valence-electron chi connectivity index (χ3n) is 7.67. The van der Waals surface area contributed by atoms with E-state index in [4.69, 9.17) is 4.74 Å². The third-order valence-corrected chi connectivity index (χ3v) is 8.20. The van der Waals surface area contributed by atoms with Gasteiger partial charge in [-0.25, -0.2) is 4.79 Å². The second-order valence-corrected chi connectivity index (χ2v) is 11.1. The number of hydrogen-bond acceptors (Lipinski definition) is 3. The molecular weight excluding hydrogens is 564 g/mol. The highest BCUT2D eigenvalue weighted by Gasteiger charge is 2.23. The van der Waals surface area contributed by atoms with Crippen LogP contribution in [0.25, 0.3) is 33.3 Å². The molecule has 2 heterocycles. The average molecular weight is 594 g/mol. The Hall–Kier alpha value is -4.16. The van der Waals surface area contributed by atoms with E-state index in [0.29, 0.717) is 24.3 Å². The SMILES string of the molecule is CCOC(=O)c1cc2cc(c1)-c1c(C)c3cc(C(=O)NC(C)c4ccc(Br)cc4)ccc3n1Cc1ccccc1-2. The van der Waals surface area contributed by atoms with Crippen LogP contribution < -0.4 is 5.32 Å². The van der Waals surface area contributed by atoms with Gasteiger partial charge in [-0.1, -0.05) is 52.3 Å². The number of hydrogen-bond donors (Lipinski definition) is 1. The second kappa shape index (κ2) is 10.4. The monoisotopic (exact) mass is 592 g/mol. The van der Waals surface area contributed by atoms with Gasteiger partial charge in [0.25, 0.3) is 5.91 Å². The number of aryl methyl sites for hydroxylation is 1. The minimum absolute atomic E-state index is 0.118. The number of carbonyl (C=O) groups is 2. The number of nitrogens with one attached hydrogen (secondary N) is 1. The van der Waals surface area contributed by atoms with Crippen LogP contribution in [0.2, 0.25) is 0 Å². The highest BCUT2D eigenvalue weighted by atomic mass is 79.9. The number of nitrogens with zero attached hydrogens (tertiary/aromatic N) is 1. The summed E-state index contributed by atoms with van der Waals surface area (Å²) in [5.41, 5.74) is 9.54. The van der Waals surface area contributed by atoms with Gasteiger partial charge in [-0.15, -0.1) is 0 Å². The summed E-state index contributed by atoms with van der Waals surface area (Å²) < 4.78 is 8.66. The molecule has 2 bridgehead atoms. The van der Waals surface area contributed by atoms with Crippen LogP contribution in [0.3, 0.4) is 0 Å². The zero-order chi connectivity index (χ0) is 28.0. The predicted octanol–water partition coefficient (Wildman–Crippen LogP) is 8.08. The number of fused-ring (bicyclic) bond motifs is 8. The first-order valence-electron chi connectivity index (χ1n) is 13.4. The number of amides is 1. The molecule has 40 heavy (non-hydrogen) atoms. The molecule has 6 heteroatoms. The standard InChI is InChI=1S/C34H29BrN2O3/c1-4-40-34(39)27-16-25-15-26(17-27)32-20(2)30-18-23(33(38)36-21(3)22-9-12-28(35)13-10-22)11-14-31(30)37(32)19-24-7-5-6-8-29(24)25/h5-18,21H,4,19H2,1-3H3,(H,36,38). The van der Waals surface area contributed by atoms with E-state index in [1.165, 1.54) is 0 Å². The Morgan fingerprint density at radius 1 is 0.950 bits per heavy atom. The lowest BCUT2D eigenvalue weighted by molar-refractivity contribution is 0.0526. The molecule has 0 spiro atoms. The molecule has 200 valence electrons. The average Bonchev–Trinajstić information content (AvgIpc) is 3.23. The molecule has 1 atom stereocenters. The molecule has 5 aromatic rings.